The predicted octanol–water partition coefficient (Wildman–Crippen LogP) is 1.83. The van der Waals surface area contributed by atoms with Gasteiger partial charge in [0.1, 0.15) is 0 Å². The van der Waals surface area contributed by atoms with Gasteiger partial charge in [0.05, 0.1) is 6.10 Å². The first-order chi connectivity index (χ1) is 6.11. The zero-order chi connectivity index (χ0) is 10.3. The minimum absolute atomic E-state index is 0.168. The quantitative estimate of drug-likeness (QED) is 0.686. The molecule has 0 heterocycles. The van der Waals surface area contributed by atoms with Gasteiger partial charge >= 0.3 is 0 Å². The molecule has 0 aliphatic heterocycles. The molecule has 0 radical (unpaired) electrons. The SMILES string of the molecule is CCSCC(C)N(C)C[C@@H](O)CC. The molecule has 0 amide bonds. The topological polar surface area (TPSA) is 23.5 Å². The van der Waals surface area contributed by atoms with Crippen LogP contribution in [0.25, 0.3) is 0 Å². The van der Waals surface area contributed by atoms with E-state index in [0.29, 0.717) is 6.04 Å². The van der Waals surface area contributed by atoms with Crippen LogP contribution in [0.1, 0.15) is 27.2 Å². The Balaban J connectivity index is 3.61. The van der Waals surface area contributed by atoms with Crippen molar-refractivity contribution in [3.05, 3.63) is 0 Å². The third kappa shape index (κ3) is 6.36. The van der Waals surface area contributed by atoms with E-state index in [1.807, 2.05) is 18.7 Å². The van der Waals surface area contributed by atoms with E-state index in [1.54, 1.807) is 0 Å². The van der Waals surface area contributed by atoms with Gasteiger partial charge in [-0.15, -0.1) is 0 Å². The summed E-state index contributed by atoms with van der Waals surface area (Å²) in [5.74, 6) is 2.33. The van der Waals surface area contributed by atoms with Crippen molar-refractivity contribution in [1.29, 1.82) is 0 Å². The number of aliphatic hydroxyl groups excluding tert-OH is 1. The Labute approximate surface area is 86.7 Å². The lowest BCUT2D eigenvalue weighted by Gasteiger charge is -2.26. The highest BCUT2D eigenvalue weighted by Crippen LogP contribution is 2.07. The van der Waals surface area contributed by atoms with Crippen LogP contribution >= 0.6 is 11.8 Å². The number of hydrogen-bond acceptors (Lipinski definition) is 3. The molecule has 0 rings (SSSR count). The highest BCUT2D eigenvalue weighted by Gasteiger charge is 2.11. The van der Waals surface area contributed by atoms with Crippen LogP contribution < -0.4 is 0 Å². The Kier molecular flexibility index (Phi) is 7.81. The van der Waals surface area contributed by atoms with Crippen LogP contribution in [-0.2, 0) is 0 Å². The van der Waals surface area contributed by atoms with Gasteiger partial charge in [0.2, 0.25) is 0 Å². The fourth-order valence-electron chi connectivity index (χ4n) is 1.06. The van der Waals surface area contributed by atoms with Crippen LogP contribution in [0.3, 0.4) is 0 Å². The zero-order valence-corrected chi connectivity index (χ0v) is 10.1. The molecule has 1 unspecified atom stereocenters. The summed E-state index contributed by atoms with van der Waals surface area (Å²) < 4.78 is 0. The second-order valence-electron chi connectivity index (χ2n) is 3.51. The first kappa shape index (κ1) is 13.3. The van der Waals surface area contributed by atoms with Gasteiger partial charge in [0, 0.05) is 18.3 Å². The van der Waals surface area contributed by atoms with Crippen molar-refractivity contribution in [1.82, 2.24) is 4.90 Å². The molecule has 80 valence electrons. The van der Waals surface area contributed by atoms with Gasteiger partial charge in [0.25, 0.3) is 0 Å². The molecule has 0 bridgehead atoms. The van der Waals surface area contributed by atoms with Crippen molar-refractivity contribution in [3.8, 4) is 0 Å². The molecular weight excluding hydrogens is 182 g/mol. The minimum atomic E-state index is -0.168. The highest BCUT2D eigenvalue weighted by atomic mass is 32.2. The van der Waals surface area contributed by atoms with E-state index in [2.05, 4.69) is 25.8 Å². The molecule has 0 aromatic heterocycles. The van der Waals surface area contributed by atoms with Crippen molar-refractivity contribution in [2.75, 3.05) is 25.1 Å². The van der Waals surface area contributed by atoms with Gasteiger partial charge < -0.3 is 10.0 Å². The van der Waals surface area contributed by atoms with Crippen molar-refractivity contribution in [3.63, 3.8) is 0 Å². The summed E-state index contributed by atoms with van der Waals surface area (Å²) in [4.78, 5) is 2.23. The molecule has 0 spiro atoms. The summed E-state index contributed by atoms with van der Waals surface area (Å²) in [5.41, 5.74) is 0. The highest BCUT2D eigenvalue weighted by molar-refractivity contribution is 7.99. The number of thioether (sulfide) groups is 1. The number of rotatable bonds is 7. The minimum Gasteiger partial charge on any atom is -0.392 e. The first-order valence-electron chi connectivity index (χ1n) is 5.07. The fourth-order valence-corrected chi connectivity index (χ4v) is 1.89. The smallest absolute Gasteiger partial charge is 0.0664 e. The molecule has 0 aliphatic carbocycles. The van der Waals surface area contributed by atoms with E-state index < -0.39 is 0 Å². The van der Waals surface area contributed by atoms with Crippen LogP contribution in [0.15, 0.2) is 0 Å². The molecule has 2 atom stereocenters. The van der Waals surface area contributed by atoms with E-state index in [1.165, 1.54) is 5.75 Å². The molecule has 3 heteroatoms. The summed E-state index contributed by atoms with van der Waals surface area (Å²) >= 11 is 1.96. The molecular formula is C10H23NOS. The standard InChI is InChI=1S/C10H23NOS/c1-5-10(12)7-11(4)9(3)8-13-6-2/h9-10,12H,5-8H2,1-4H3/t9?,10-/m0/s1. The maximum Gasteiger partial charge on any atom is 0.0664 e. The first-order valence-corrected chi connectivity index (χ1v) is 6.23. The monoisotopic (exact) mass is 205 g/mol. The summed E-state index contributed by atoms with van der Waals surface area (Å²) in [6.45, 7) is 7.20. The van der Waals surface area contributed by atoms with Crippen molar-refractivity contribution >= 4 is 11.8 Å². The summed E-state index contributed by atoms with van der Waals surface area (Å²) in [5, 5.41) is 9.45. The predicted molar refractivity (Wildman–Crippen MR) is 61.4 cm³/mol. The maximum atomic E-state index is 9.45. The average Bonchev–Trinajstić information content (AvgIpc) is 2.13. The van der Waals surface area contributed by atoms with Crippen LogP contribution in [-0.4, -0.2) is 47.3 Å². The molecule has 0 saturated heterocycles. The average molecular weight is 205 g/mol. The number of aliphatic hydroxyl groups is 1. The third-order valence-electron chi connectivity index (χ3n) is 2.29. The fraction of sp³-hybridized carbons (Fsp3) is 1.00. The summed E-state index contributed by atoms with van der Waals surface area (Å²) in [6.07, 6.45) is 0.678. The lowest BCUT2D eigenvalue weighted by molar-refractivity contribution is 0.109. The number of nitrogens with zero attached hydrogens (tertiary/aromatic N) is 1. The Morgan fingerprint density at radius 1 is 1.38 bits per heavy atom. The van der Waals surface area contributed by atoms with Gasteiger partial charge in [-0.1, -0.05) is 13.8 Å². The number of likely N-dealkylation sites (N-methyl/N-ethyl adjacent to an activating group) is 1. The molecule has 0 saturated carbocycles. The van der Waals surface area contributed by atoms with E-state index in [4.69, 9.17) is 0 Å². The van der Waals surface area contributed by atoms with E-state index >= 15 is 0 Å². The Morgan fingerprint density at radius 2 is 2.00 bits per heavy atom. The summed E-state index contributed by atoms with van der Waals surface area (Å²) in [7, 11) is 2.08. The van der Waals surface area contributed by atoms with Crippen molar-refractivity contribution in [2.45, 2.75) is 39.3 Å². The van der Waals surface area contributed by atoms with E-state index in [0.717, 1.165) is 18.7 Å². The Morgan fingerprint density at radius 3 is 2.46 bits per heavy atom. The van der Waals surface area contributed by atoms with Crippen LogP contribution in [0.5, 0.6) is 0 Å². The summed E-state index contributed by atoms with van der Waals surface area (Å²) in [6, 6.07) is 0.561. The van der Waals surface area contributed by atoms with Crippen molar-refractivity contribution in [2.24, 2.45) is 0 Å². The molecule has 1 N–H and O–H groups in total. The second-order valence-corrected chi connectivity index (χ2v) is 4.83. The molecule has 13 heavy (non-hydrogen) atoms. The largest absolute Gasteiger partial charge is 0.392 e. The van der Waals surface area contributed by atoms with E-state index in [9.17, 15) is 5.11 Å². The molecule has 0 aromatic carbocycles. The van der Waals surface area contributed by atoms with Gasteiger partial charge in [0.15, 0.2) is 0 Å². The second kappa shape index (κ2) is 7.65. The van der Waals surface area contributed by atoms with Gasteiger partial charge in [-0.3, -0.25) is 0 Å². The van der Waals surface area contributed by atoms with Gasteiger partial charge in [-0.05, 0) is 26.1 Å². The molecule has 2 nitrogen and oxygen atoms in total. The zero-order valence-electron chi connectivity index (χ0n) is 9.29. The van der Waals surface area contributed by atoms with E-state index in [-0.39, 0.29) is 6.10 Å². The Hall–Kier alpha value is 0.270. The van der Waals surface area contributed by atoms with Crippen molar-refractivity contribution < 1.29 is 5.11 Å². The third-order valence-corrected chi connectivity index (χ3v) is 3.41. The van der Waals surface area contributed by atoms with Gasteiger partial charge in [-0.2, -0.15) is 11.8 Å². The lowest BCUT2D eigenvalue weighted by Crippen LogP contribution is -2.37. The van der Waals surface area contributed by atoms with Crippen LogP contribution in [0.4, 0.5) is 0 Å². The molecule has 0 fully saturated rings. The molecule has 0 aliphatic rings. The molecule has 0 aromatic rings. The number of hydrogen-bond donors (Lipinski definition) is 1. The van der Waals surface area contributed by atoms with Crippen LogP contribution in [0, 0.1) is 0 Å². The Bertz CT molecular complexity index is 121. The van der Waals surface area contributed by atoms with Gasteiger partial charge in [-0.25, -0.2) is 0 Å². The maximum absolute atomic E-state index is 9.45. The van der Waals surface area contributed by atoms with Crippen LogP contribution in [0.2, 0.25) is 0 Å². The lowest BCUT2D eigenvalue weighted by atomic mass is 10.2. The normalized spacial score (nSPS) is 16.2.